The third kappa shape index (κ3) is 8.70. The molecule has 1 aliphatic heterocycles. The number of alkyl halides is 3. The van der Waals surface area contributed by atoms with Crippen molar-refractivity contribution in [3.05, 3.63) is 0 Å². The number of guanidine groups is 1. The van der Waals surface area contributed by atoms with Gasteiger partial charge in [-0.1, -0.05) is 6.92 Å². The Bertz CT molecular complexity index is 323. The van der Waals surface area contributed by atoms with Crippen LogP contribution in [0.2, 0.25) is 0 Å². The maximum Gasteiger partial charge on any atom is 0.401 e. The molecule has 0 radical (unpaired) electrons. The molecule has 0 spiro atoms. The fourth-order valence-corrected chi connectivity index (χ4v) is 2.17. The number of nitrogens with zero attached hydrogens (tertiary/aromatic N) is 2. The van der Waals surface area contributed by atoms with E-state index in [0.29, 0.717) is 38.1 Å². The van der Waals surface area contributed by atoms with Crippen LogP contribution in [-0.4, -0.2) is 55.3 Å². The van der Waals surface area contributed by atoms with Gasteiger partial charge in [0.25, 0.3) is 0 Å². The molecule has 1 saturated heterocycles. The van der Waals surface area contributed by atoms with Crippen LogP contribution < -0.4 is 10.6 Å². The van der Waals surface area contributed by atoms with Gasteiger partial charge in [-0.05, 0) is 26.7 Å². The monoisotopic (exact) mass is 422 g/mol. The van der Waals surface area contributed by atoms with Crippen LogP contribution in [0.25, 0.3) is 0 Å². The minimum Gasteiger partial charge on any atom is -0.354 e. The molecule has 1 rings (SSSR count). The summed E-state index contributed by atoms with van der Waals surface area (Å²) in [5.74, 6) is 0.695. The summed E-state index contributed by atoms with van der Waals surface area (Å²) in [4.78, 5) is 5.76. The van der Waals surface area contributed by atoms with Crippen molar-refractivity contribution in [2.45, 2.75) is 51.9 Å². The topological polar surface area (TPSA) is 39.7 Å². The van der Waals surface area contributed by atoms with Gasteiger partial charge >= 0.3 is 6.18 Å². The van der Waals surface area contributed by atoms with E-state index >= 15 is 0 Å². The maximum atomic E-state index is 12.3. The molecule has 1 fully saturated rings. The molecule has 1 aliphatic rings. The number of rotatable bonds is 5. The van der Waals surface area contributed by atoms with Gasteiger partial charge in [0.05, 0.1) is 6.54 Å². The van der Waals surface area contributed by atoms with Crippen LogP contribution in [0, 0.1) is 0 Å². The molecule has 2 unspecified atom stereocenters. The van der Waals surface area contributed by atoms with E-state index in [0.717, 1.165) is 6.42 Å². The van der Waals surface area contributed by atoms with Gasteiger partial charge in [-0.2, -0.15) is 13.2 Å². The number of hydrogen-bond donors (Lipinski definition) is 2. The van der Waals surface area contributed by atoms with Crippen molar-refractivity contribution >= 4 is 29.9 Å². The van der Waals surface area contributed by atoms with Gasteiger partial charge < -0.3 is 10.6 Å². The molecular weight excluding hydrogens is 396 g/mol. The van der Waals surface area contributed by atoms with Crippen LogP contribution in [0.15, 0.2) is 4.99 Å². The summed E-state index contributed by atoms with van der Waals surface area (Å²) in [7, 11) is 0. The summed E-state index contributed by atoms with van der Waals surface area (Å²) in [6.45, 7) is 6.75. The predicted molar refractivity (Wildman–Crippen MR) is 90.3 cm³/mol. The molecule has 4 nitrogen and oxygen atoms in total. The summed E-state index contributed by atoms with van der Waals surface area (Å²) in [5, 5.41) is 6.48. The van der Waals surface area contributed by atoms with Crippen LogP contribution in [0.3, 0.4) is 0 Å². The Morgan fingerprint density at radius 1 is 1.38 bits per heavy atom. The van der Waals surface area contributed by atoms with Crippen molar-refractivity contribution in [1.29, 1.82) is 0 Å². The minimum absolute atomic E-state index is 0. The maximum absolute atomic E-state index is 12.3. The summed E-state index contributed by atoms with van der Waals surface area (Å²) < 4.78 is 37.0. The molecule has 21 heavy (non-hydrogen) atoms. The van der Waals surface area contributed by atoms with E-state index in [9.17, 15) is 13.2 Å². The molecule has 0 amide bonds. The lowest BCUT2D eigenvalue weighted by Gasteiger charge is -2.21. The van der Waals surface area contributed by atoms with Crippen molar-refractivity contribution in [3.8, 4) is 0 Å². The second-order valence-electron chi connectivity index (χ2n) is 5.26. The van der Waals surface area contributed by atoms with E-state index < -0.39 is 12.7 Å². The minimum atomic E-state index is -4.12. The Labute approximate surface area is 142 Å². The van der Waals surface area contributed by atoms with Gasteiger partial charge in [-0.25, -0.2) is 0 Å². The average Bonchev–Trinajstić information content (AvgIpc) is 2.74. The average molecular weight is 422 g/mol. The van der Waals surface area contributed by atoms with Crippen LogP contribution in [0.1, 0.15) is 33.6 Å². The van der Waals surface area contributed by atoms with E-state index in [-0.39, 0.29) is 30.0 Å². The molecule has 8 heteroatoms. The van der Waals surface area contributed by atoms with Gasteiger partial charge in [-0.15, -0.1) is 24.0 Å². The van der Waals surface area contributed by atoms with Gasteiger partial charge in [0.1, 0.15) is 0 Å². The smallest absolute Gasteiger partial charge is 0.354 e. The molecule has 2 N–H and O–H groups in total. The van der Waals surface area contributed by atoms with Gasteiger partial charge in [0.2, 0.25) is 0 Å². The molecule has 0 aromatic heterocycles. The first-order valence-electron chi connectivity index (χ1n) is 7.20. The Balaban J connectivity index is 0.00000400. The summed E-state index contributed by atoms with van der Waals surface area (Å²) in [6.07, 6.45) is -2.44. The van der Waals surface area contributed by atoms with Gasteiger partial charge in [0, 0.05) is 31.7 Å². The first-order valence-corrected chi connectivity index (χ1v) is 7.20. The highest BCUT2D eigenvalue weighted by Gasteiger charge is 2.34. The highest BCUT2D eigenvalue weighted by molar-refractivity contribution is 14.0. The van der Waals surface area contributed by atoms with Crippen LogP contribution in [0.4, 0.5) is 13.2 Å². The van der Waals surface area contributed by atoms with Crippen molar-refractivity contribution in [3.63, 3.8) is 0 Å². The summed E-state index contributed by atoms with van der Waals surface area (Å²) in [5.41, 5.74) is 0. The number of halogens is 4. The van der Waals surface area contributed by atoms with Crippen molar-refractivity contribution < 1.29 is 13.2 Å². The van der Waals surface area contributed by atoms with E-state index in [1.165, 1.54) is 4.90 Å². The second kappa shape index (κ2) is 9.70. The number of nitrogens with one attached hydrogen (secondary N) is 2. The Morgan fingerprint density at radius 2 is 2.05 bits per heavy atom. The van der Waals surface area contributed by atoms with E-state index in [2.05, 4.69) is 29.5 Å². The Morgan fingerprint density at radius 3 is 2.57 bits per heavy atom. The first-order chi connectivity index (χ1) is 9.34. The SMILES string of the molecule is CCN=C(NC(C)CC)NC1CCN(CC(F)(F)F)C1.I. The van der Waals surface area contributed by atoms with E-state index in [4.69, 9.17) is 0 Å². The van der Waals surface area contributed by atoms with Crippen molar-refractivity contribution in [2.75, 3.05) is 26.2 Å². The molecule has 0 aliphatic carbocycles. The predicted octanol–water partition coefficient (Wildman–Crippen LogP) is 2.59. The largest absolute Gasteiger partial charge is 0.401 e. The highest BCUT2D eigenvalue weighted by atomic mass is 127. The summed E-state index contributed by atoms with van der Waals surface area (Å²) in [6, 6.07) is 0.319. The highest BCUT2D eigenvalue weighted by Crippen LogP contribution is 2.19. The van der Waals surface area contributed by atoms with Gasteiger partial charge in [0.15, 0.2) is 5.96 Å². The quantitative estimate of drug-likeness (QED) is 0.407. The number of likely N-dealkylation sites (tertiary alicyclic amines) is 1. The van der Waals surface area contributed by atoms with Crippen LogP contribution in [-0.2, 0) is 0 Å². The second-order valence-corrected chi connectivity index (χ2v) is 5.26. The fourth-order valence-electron chi connectivity index (χ4n) is 2.17. The number of hydrogen-bond acceptors (Lipinski definition) is 2. The lowest BCUT2D eigenvalue weighted by atomic mass is 10.2. The molecule has 1 heterocycles. The van der Waals surface area contributed by atoms with Crippen LogP contribution >= 0.6 is 24.0 Å². The Hall–Kier alpha value is -0.250. The zero-order chi connectivity index (χ0) is 15.2. The lowest BCUT2D eigenvalue weighted by Crippen LogP contribution is -2.47. The molecule has 0 bridgehead atoms. The van der Waals surface area contributed by atoms with Crippen molar-refractivity contribution in [1.82, 2.24) is 15.5 Å². The standard InChI is InChI=1S/C13H25F3N4.HI/c1-4-10(3)18-12(17-5-2)19-11-6-7-20(8-11)9-13(14,15)16;/h10-11H,4-9H2,1-3H3,(H2,17,18,19);1H. The molecular formula is C13H26F3IN4. The fraction of sp³-hybridized carbons (Fsp3) is 0.923. The number of aliphatic imine (C=N–C) groups is 1. The third-order valence-corrected chi connectivity index (χ3v) is 3.33. The summed E-state index contributed by atoms with van der Waals surface area (Å²) >= 11 is 0. The molecule has 2 atom stereocenters. The third-order valence-electron chi connectivity index (χ3n) is 3.33. The zero-order valence-electron chi connectivity index (χ0n) is 12.8. The molecule has 0 aromatic carbocycles. The normalized spacial score (nSPS) is 21.8. The van der Waals surface area contributed by atoms with Crippen LogP contribution in [0.5, 0.6) is 0 Å². The molecule has 0 aromatic rings. The molecule has 126 valence electrons. The van der Waals surface area contributed by atoms with Gasteiger partial charge in [-0.3, -0.25) is 9.89 Å². The molecule has 0 saturated carbocycles. The van der Waals surface area contributed by atoms with E-state index in [1.54, 1.807) is 0 Å². The first kappa shape index (κ1) is 20.8. The lowest BCUT2D eigenvalue weighted by molar-refractivity contribution is -0.143. The van der Waals surface area contributed by atoms with E-state index in [1.807, 2.05) is 6.92 Å². The zero-order valence-corrected chi connectivity index (χ0v) is 15.2. The Kier molecular flexibility index (Phi) is 9.59. The van der Waals surface area contributed by atoms with Crippen molar-refractivity contribution in [2.24, 2.45) is 4.99 Å².